The van der Waals surface area contributed by atoms with Gasteiger partial charge in [-0.3, -0.25) is 0 Å². The fourth-order valence-electron chi connectivity index (χ4n) is 2.03. The van der Waals surface area contributed by atoms with Crippen molar-refractivity contribution in [3.05, 3.63) is 35.4 Å². The third kappa shape index (κ3) is 0.988. The highest BCUT2D eigenvalue weighted by molar-refractivity contribution is 5.74. The highest BCUT2D eigenvalue weighted by atomic mass is 16.5. The lowest BCUT2D eigenvalue weighted by atomic mass is 10.0. The van der Waals surface area contributed by atoms with Crippen LogP contribution in [0.2, 0.25) is 0 Å². The zero-order valence-electron chi connectivity index (χ0n) is 7.36. The first-order valence-electron chi connectivity index (χ1n) is 4.56. The Morgan fingerprint density at radius 1 is 1.31 bits per heavy atom. The molecule has 0 fully saturated rings. The fourth-order valence-corrected chi connectivity index (χ4v) is 2.03. The summed E-state index contributed by atoms with van der Waals surface area (Å²) >= 11 is 0. The molecule has 0 N–H and O–H groups in total. The average Bonchev–Trinajstić information content (AvgIpc) is 2.19. The van der Waals surface area contributed by atoms with Crippen LogP contribution in [-0.4, -0.2) is 13.3 Å². The normalized spacial score (nSPS) is 18.6. The molecule has 1 aromatic rings. The largest absolute Gasteiger partial charge is 0.356 e. The molecule has 0 radical (unpaired) electrons. The van der Waals surface area contributed by atoms with E-state index in [1.807, 2.05) is 0 Å². The van der Waals surface area contributed by atoms with E-state index in [4.69, 9.17) is 4.74 Å². The number of hydrogen-bond acceptors (Lipinski definition) is 2. The molecule has 13 heavy (non-hydrogen) atoms. The molecule has 2 heterocycles. The maximum Gasteiger partial charge on any atom is 0.119 e. The van der Waals surface area contributed by atoms with Crippen LogP contribution in [0.4, 0.5) is 5.69 Å². The molecule has 0 spiro atoms. The van der Waals surface area contributed by atoms with E-state index in [-0.39, 0.29) is 0 Å². The van der Waals surface area contributed by atoms with Gasteiger partial charge < -0.3 is 9.64 Å². The summed E-state index contributed by atoms with van der Waals surface area (Å²) in [5.41, 5.74) is 4.01. The molecule has 0 aromatic heterocycles. The van der Waals surface area contributed by atoms with Gasteiger partial charge in [0.1, 0.15) is 6.73 Å². The second kappa shape index (κ2) is 2.60. The summed E-state index contributed by atoms with van der Waals surface area (Å²) in [6, 6.07) is 6.40. The molecule has 0 saturated heterocycles. The molecule has 0 aliphatic carbocycles. The van der Waals surface area contributed by atoms with Gasteiger partial charge in [0.25, 0.3) is 0 Å². The number of para-hydroxylation sites is 1. The summed E-state index contributed by atoms with van der Waals surface area (Å²) in [5.74, 6) is 0. The Morgan fingerprint density at radius 3 is 3.31 bits per heavy atom. The molecule has 2 heteroatoms. The van der Waals surface area contributed by atoms with Crippen molar-refractivity contribution in [2.75, 3.05) is 18.2 Å². The van der Waals surface area contributed by atoms with Gasteiger partial charge in [0, 0.05) is 12.1 Å². The van der Waals surface area contributed by atoms with Crippen molar-refractivity contribution < 1.29 is 4.74 Å². The van der Waals surface area contributed by atoms with E-state index in [0.29, 0.717) is 0 Å². The van der Waals surface area contributed by atoms with E-state index in [1.54, 1.807) is 0 Å². The summed E-state index contributed by atoms with van der Waals surface area (Å²) in [4.78, 5) is 2.27. The van der Waals surface area contributed by atoms with Crippen LogP contribution in [0.5, 0.6) is 0 Å². The number of ether oxygens (including phenoxy) is 1. The van der Waals surface area contributed by atoms with E-state index in [0.717, 1.165) is 19.9 Å². The number of nitrogens with zero attached hydrogens (tertiary/aromatic N) is 1. The molecule has 1 aromatic carbocycles. The van der Waals surface area contributed by atoms with Crippen molar-refractivity contribution >= 4 is 11.8 Å². The van der Waals surface area contributed by atoms with E-state index in [9.17, 15) is 0 Å². The summed E-state index contributed by atoms with van der Waals surface area (Å²) in [6.45, 7) is 2.46. The highest BCUT2D eigenvalue weighted by Gasteiger charge is 2.20. The van der Waals surface area contributed by atoms with Crippen LogP contribution in [0.15, 0.2) is 24.3 Å². The van der Waals surface area contributed by atoms with Gasteiger partial charge >= 0.3 is 0 Å². The summed E-state index contributed by atoms with van der Waals surface area (Å²) in [6.07, 6.45) is 4.38. The highest BCUT2D eigenvalue weighted by Crippen LogP contribution is 2.32. The predicted molar refractivity (Wildman–Crippen MR) is 52.5 cm³/mol. The molecule has 2 nitrogen and oxygen atoms in total. The van der Waals surface area contributed by atoms with Gasteiger partial charge in [0.15, 0.2) is 0 Å². The number of hydrogen-bond donors (Lipinski definition) is 0. The summed E-state index contributed by atoms with van der Waals surface area (Å²) < 4.78 is 5.48. The van der Waals surface area contributed by atoms with Gasteiger partial charge in [0.2, 0.25) is 0 Å². The predicted octanol–water partition coefficient (Wildman–Crippen LogP) is 2.01. The maximum atomic E-state index is 5.48. The van der Waals surface area contributed by atoms with Crippen molar-refractivity contribution in [1.82, 2.24) is 0 Å². The van der Waals surface area contributed by atoms with Crippen LogP contribution < -0.4 is 4.90 Å². The topological polar surface area (TPSA) is 12.5 Å². The van der Waals surface area contributed by atoms with Crippen molar-refractivity contribution in [2.45, 2.75) is 6.61 Å². The molecule has 0 unspecified atom stereocenters. The standard InChI is InChI=1S/C11H11NO/c1-3-9-5-2-6-12-8-13-7-10(4-1)11(9)12/h1-5H,6-8H2. The zero-order valence-corrected chi connectivity index (χ0v) is 7.36. The Kier molecular flexibility index (Phi) is 1.43. The second-order valence-electron chi connectivity index (χ2n) is 3.46. The first-order chi connectivity index (χ1) is 6.45. The molecule has 3 rings (SSSR count). The molecule has 2 aliphatic rings. The fraction of sp³-hybridized carbons (Fsp3) is 0.273. The van der Waals surface area contributed by atoms with Gasteiger partial charge in [-0.25, -0.2) is 0 Å². The number of anilines is 1. The van der Waals surface area contributed by atoms with Crippen LogP contribution in [0, 0.1) is 0 Å². The smallest absolute Gasteiger partial charge is 0.119 e. The maximum absolute atomic E-state index is 5.48. The van der Waals surface area contributed by atoms with Gasteiger partial charge in [-0.15, -0.1) is 0 Å². The molecule has 0 saturated carbocycles. The zero-order chi connectivity index (χ0) is 8.67. The summed E-state index contributed by atoms with van der Waals surface area (Å²) in [5, 5.41) is 0. The Hall–Kier alpha value is -1.28. The molecular weight excluding hydrogens is 162 g/mol. The van der Waals surface area contributed by atoms with Crippen LogP contribution in [-0.2, 0) is 11.3 Å². The van der Waals surface area contributed by atoms with Crippen molar-refractivity contribution in [3.8, 4) is 0 Å². The summed E-state index contributed by atoms with van der Waals surface area (Å²) in [7, 11) is 0. The van der Waals surface area contributed by atoms with E-state index in [2.05, 4.69) is 35.3 Å². The molecule has 2 aliphatic heterocycles. The van der Waals surface area contributed by atoms with Crippen LogP contribution in [0.3, 0.4) is 0 Å². The van der Waals surface area contributed by atoms with Crippen molar-refractivity contribution in [1.29, 1.82) is 0 Å². The van der Waals surface area contributed by atoms with Gasteiger partial charge in [0.05, 0.1) is 12.3 Å². The Bertz CT molecular complexity index is 370. The Balaban J connectivity index is 2.24. The third-order valence-electron chi connectivity index (χ3n) is 2.59. The van der Waals surface area contributed by atoms with Crippen LogP contribution >= 0.6 is 0 Å². The number of rotatable bonds is 0. The lowest BCUT2D eigenvalue weighted by Crippen LogP contribution is -2.33. The van der Waals surface area contributed by atoms with Gasteiger partial charge in [-0.05, 0) is 5.56 Å². The molecular formula is C11H11NO. The molecule has 0 amide bonds. The van der Waals surface area contributed by atoms with Crippen molar-refractivity contribution in [3.63, 3.8) is 0 Å². The van der Waals surface area contributed by atoms with Gasteiger partial charge in [-0.2, -0.15) is 0 Å². The SMILES string of the molecule is C1=Cc2cccc3c2N(C1)COC3. The van der Waals surface area contributed by atoms with Gasteiger partial charge in [-0.1, -0.05) is 30.4 Å². The monoisotopic (exact) mass is 173 g/mol. The second-order valence-corrected chi connectivity index (χ2v) is 3.46. The first kappa shape index (κ1) is 7.15. The average molecular weight is 173 g/mol. The third-order valence-corrected chi connectivity index (χ3v) is 2.59. The van der Waals surface area contributed by atoms with E-state index >= 15 is 0 Å². The Labute approximate surface area is 77.4 Å². The van der Waals surface area contributed by atoms with Crippen molar-refractivity contribution in [2.24, 2.45) is 0 Å². The molecule has 0 bridgehead atoms. The number of benzene rings is 1. The quantitative estimate of drug-likeness (QED) is 0.595. The molecule has 66 valence electrons. The van der Waals surface area contributed by atoms with Crippen LogP contribution in [0.25, 0.3) is 6.08 Å². The van der Waals surface area contributed by atoms with Crippen LogP contribution in [0.1, 0.15) is 11.1 Å². The minimum Gasteiger partial charge on any atom is -0.356 e. The minimum absolute atomic E-state index is 0.731. The first-order valence-corrected chi connectivity index (χ1v) is 4.56. The Morgan fingerprint density at radius 2 is 2.31 bits per heavy atom. The lowest BCUT2D eigenvalue weighted by molar-refractivity contribution is 0.111. The molecule has 0 atom stereocenters. The lowest BCUT2D eigenvalue weighted by Gasteiger charge is -2.33. The van der Waals surface area contributed by atoms with E-state index in [1.165, 1.54) is 16.8 Å². The van der Waals surface area contributed by atoms with E-state index < -0.39 is 0 Å². The minimum atomic E-state index is 0.731.